The van der Waals surface area contributed by atoms with Crippen LogP contribution in [0.2, 0.25) is 0 Å². The van der Waals surface area contributed by atoms with Crippen LogP contribution in [0.15, 0.2) is 59.5 Å². The smallest absolute Gasteiger partial charge is 0.240 e. The van der Waals surface area contributed by atoms with E-state index in [9.17, 15) is 8.42 Å². The summed E-state index contributed by atoms with van der Waals surface area (Å²) in [6, 6.07) is 16.2. The van der Waals surface area contributed by atoms with Crippen molar-refractivity contribution in [2.45, 2.75) is 24.3 Å². The lowest BCUT2D eigenvalue weighted by molar-refractivity contribution is 0.288. The van der Waals surface area contributed by atoms with Gasteiger partial charge in [0, 0.05) is 13.2 Å². The van der Waals surface area contributed by atoms with Crippen molar-refractivity contribution >= 4 is 10.0 Å². The highest BCUT2D eigenvalue weighted by molar-refractivity contribution is 7.89. The molecule has 0 saturated carbocycles. The number of aliphatic hydroxyl groups excluding tert-OH is 1. The van der Waals surface area contributed by atoms with E-state index in [2.05, 4.69) is 4.72 Å². The standard InChI is InChI=1S/C16H19NO3S/c18-12-4-7-14-8-10-16(11-9-14)21(19,20)17-13-15-5-2-1-3-6-15/h1-3,5-6,8-11,17-18H,4,7,12-13H2. The Morgan fingerprint density at radius 2 is 1.57 bits per heavy atom. The summed E-state index contributed by atoms with van der Waals surface area (Å²) in [5.41, 5.74) is 1.94. The summed E-state index contributed by atoms with van der Waals surface area (Å²) in [6.45, 7) is 0.411. The maximum atomic E-state index is 12.2. The lowest BCUT2D eigenvalue weighted by Gasteiger charge is -2.08. The van der Waals surface area contributed by atoms with Crippen LogP contribution in [0, 0.1) is 0 Å². The van der Waals surface area contributed by atoms with E-state index in [1.54, 1.807) is 24.3 Å². The van der Waals surface area contributed by atoms with Crippen molar-refractivity contribution in [2.24, 2.45) is 0 Å². The molecule has 0 aliphatic heterocycles. The molecule has 2 aromatic rings. The molecule has 0 fully saturated rings. The largest absolute Gasteiger partial charge is 0.396 e. The second kappa shape index (κ2) is 7.36. The normalized spacial score (nSPS) is 11.5. The van der Waals surface area contributed by atoms with E-state index in [1.165, 1.54) is 0 Å². The zero-order valence-electron chi connectivity index (χ0n) is 11.7. The second-order valence-corrected chi connectivity index (χ2v) is 6.55. The minimum Gasteiger partial charge on any atom is -0.396 e. The van der Waals surface area contributed by atoms with Gasteiger partial charge >= 0.3 is 0 Å². The van der Waals surface area contributed by atoms with E-state index in [0.29, 0.717) is 6.42 Å². The van der Waals surface area contributed by atoms with E-state index in [4.69, 9.17) is 5.11 Å². The van der Waals surface area contributed by atoms with E-state index in [0.717, 1.165) is 17.5 Å². The quantitative estimate of drug-likeness (QED) is 0.823. The van der Waals surface area contributed by atoms with Crippen LogP contribution in [0.25, 0.3) is 0 Å². The third kappa shape index (κ3) is 4.67. The maximum absolute atomic E-state index is 12.2. The Balaban J connectivity index is 2.02. The third-order valence-corrected chi connectivity index (χ3v) is 4.58. The fourth-order valence-corrected chi connectivity index (χ4v) is 2.99. The summed E-state index contributed by atoms with van der Waals surface area (Å²) in [4.78, 5) is 0.256. The van der Waals surface area contributed by atoms with E-state index in [-0.39, 0.29) is 18.0 Å². The van der Waals surface area contributed by atoms with Gasteiger partial charge < -0.3 is 5.11 Å². The highest BCUT2D eigenvalue weighted by Crippen LogP contribution is 2.12. The summed E-state index contributed by atoms with van der Waals surface area (Å²) < 4.78 is 26.9. The maximum Gasteiger partial charge on any atom is 0.240 e. The predicted molar refractivity (Wildman–Crippen MR) is 82.3 cm³/mol. The molecular weight excluding hydrogens is 286 g/mol. The number of aryl methyl sites for hydroxylation is 1. The van der Waals surface area contributed by atoms with Crippen LogP contribution in [0.1, 0.15) is 17.5 Å². The first-order valence-electron chi connectivity index (χ1n) is 6.85. The van der Waals surface area contributed by atoms with Gasteiger partial charge in [-0.25, -0.2) is 13.1 Å². The SMILES string of the molecule is O=S(=O)(NCc1ccccc1)c1ccc(CCCO)cc1. The van der Waals surface area contributed by atoms with Gasteiger partial charge in [0.1, 0.15) is 0 Å². The Hall–Kier alpha value is -1.69. The van der Waals surface area contributed by atoms with Crippen LogP contribution >= 0.6 is 0 Å². The number of sulfonamides is 1. The zero-order valence-corrected chi connectivity index (χ0v) is 12.5. The molecule has 0 atom stereocenters. The first kappa shape index (κ1) is 15.7. The van der Waals surface area contributed by atoms with Crippen molar-refractivity contribution < 1.29 is 13.5 Å². The van der Waals surface area contributed by atoms with Gasteiger partial charge in [-0.05, 0) is 36.1 Å². The van der Waals surface area contributed by atoms with Crippen LogP contribution < -0.4 is 4.72 Å². The van der Waals surface area contributed by atoms with Crippen molar-refractivity contribution in [3.8, 4) is 0 Å². The number of hydrogen-bond donors (Lipinski definition) is 2. The predicted octanol–water partition coefficient (Wildman–Crippen LogP) is 2.09. The molecule has 0 heterocycles. The molecule has 0 amide bonds. The molecular formula is C16H19NO3S. The second-order valence-electron chi connectivity index (χ2n) is 4.78. The molecule has 0 unspecified atom stereocenters. The summed E-state index contributed by atoms with van der Waals surface area (Å²) in [6.07, 6.45) is 1.42. The van der Waals surface area contributed by atoms with E-state index >= 15 is 0 Å². The fourth-order valence-electron chi connectivity index (χ4n) is 1.98. The fraction of sp³-hybridized carbons (Fsp3) is 0.250. The lowest BCUT2D eigenvalue weighted by Crippen LogP contribution is -2.23. The van der Waals surface area contributed by atoms with Crippen LogP contribution in [0.5, 0.6) is 0 Å². The summed E-state index contributed by atoms with van der Waals surface area (Å²) >= 11 is 0. The first-order chi connectivity index (χ1) is 10.1. The van der Waals surface area contributed by atoms with Gasteiger partial charge in [-0.1, -0.05) is 42.5 Å². The van der Waals surface area contributed by atoms with E-state index < -0.39 is 10.0 Å². The molecule has 0 aliphatic rings. The topological polar surface area (TPSA) is 66.4 Å². The monoisotopic (exact) mass is 305 g/mol. The Labute approximate surface area is 125 Å². The number of rotatable bonds is 7. The van der Waals surface area contributed by atoms with Gasteiger partial charge in [-0.15, -0.1) is 0 Å². The van der Waals surface area contributed by atoms with Crippen LogP contribution in [0.3, 0.4) is 0 Å². The first-order valence-corrected chi connectivity index (χ1v) is 8.33. The molecule has 0 saturated heterocycles. The number of benzene rings is 2. The van der Waals surface area contributed by atoms with Crippen molar-refractivity contribution in [2.75, 3.05) is 6.61 Å². The minimum absolute atomic E-state index is 0.138. The van der Waals surface area contributed by atoms with Gasteiger partial charge in [-0.2, -0.15) is 0 Å². The van der Waals surface area contributed by atoms with Crippen LogP contribution in [-0.4, -0.2) is 20.1 Å². The zero-order chi connectivity index (χ0) is 15.1. The molecule has 0 radical (unpaired) electrons. The van der Waals surface area contributed by atoms with Gasteiger partial charge in [-0.3, -0.25) is 0 Å². The Kier molecular flexibility index (Phi) is 5.50. The average Bonchev–Trinajstić information content (AvgIpc) is 2.52. The van der Waals surface area contributed by atoms with Crippen LogP contribution in [0.4, 0.5) is 0 Å². The van der Waals surface area contributed by atoms with Crippen molar-refractivity contribution in [1.82, 2.24) is 4.72 Å². The van der Waals surface area contributed by atoms with Gasteiger partial charge in [0.2, 0.25) is 10.0 Å². The molecule has 4 nitrogen and oxygen atoms in total. The third-order valence-electron chi connectivity index (χ3n) is 3.17. The molecule has 2 N–H and O–H groups in total. The molecule has 2 rings (SSSR count). The Morgan fingerprint density at radius 1 is 0.905 bits per heavy atom. The summed E-state index contributed by atoms with van der Waals surface area (Å²) in [7, 11) is -3.50. The highest BCUT2D eigenvalue weighted by atomic mass is 32.2. The van der Waals surface area contributed by atoms with Crippen molar-refractivity contribution in [1.29, 1.82) is 0 Å². The molecule has 5 heteroatoms. The highest BCUT2D eigenvalue weighted by Gasteiger charge is 2.13. The molecule has 0 aromatic heterocycles. The molecule has 0 spiro atoms. The summed E-state index contributed by atoms with van der Waals surface area (Å²) in [5, 5.41) is 8.78. The molecule has 2 aromatic carbocycles. The molecule has 0 bridgehead atoms. The van der Waals surface area contributed by atoms with Crippen molar-refractivity contribution in [3.05, 3.63) is 65.7 Å². The Bertz CT molecular complexity index is 652. The van der Waals surface area contributed by atoms with Gasteiger partial charge in [0.05, 0.1) is 4.90 Å². The van der Waals surface area contributed by atoms with Gasteiger partial charge in [0.15, 0.2) is 0 Å². The number of aliphatic hydroxyl groups is 1. The minimum atomic E-state index is -3.50. The molecule has 112 valence electrons. The molecule has 21 heavy (non-hydrogen) atoms. The number of hydrogen-bond acceptors (Lipinski definition) is 3. The lowest BCUT2D eigenvalue weighted by atomic mass is 10.1. The Morgan fingerprint density at radius 3 is 2.19 bits per heavy atom. The van der Waals surface area contributed by atoms with E-state index in [1.807, 2.05) is 30.3 Å². The van der Waals surface area contributed by atoms with Crippen molar-refractivity contribution in [3.63, 3.8) is 0 Å². The summed E-state index contributed by atoms with van der Waals surface area (Å²) in [5.74, 6) is 0. The molecule has 0 aliphatic carbocycles. The van der Waals surface area contributed by atoms with Crippen LogP contribution in [-0.2, 0) is 23.0 Å². The van der Waals surface area contributed by atoms with Gasteiger partial charge in [0.25, 0.3) is 0 Å². The number of nitrogens with one attached hydrogen (secondary N) is 1. The average molecular weight is 305 g/mol.